The van der Waals surface area contributed by atoms with E-state index in [-0.39, 0.29) is 0 Å². The van der Waals surface area contributed by atoms with Crippen LogP contribution >= 0.6 is 0 Å². The maximum Gasteiger partial charge on any atom is 0.123 e. The number of rotatable bonds is 5. The Kier molecular flexibility index (Phi) is 5.06. The second-order valence-corrected chi connectivity index (χ2v) is 5.33. The van der Waals surface area contributed by atoms with E-state index in [1.807, 2.05) is 12.1 Å². The van der Waals surface area contributed by atoms with Crippen LogP contribution in [0.3, 0.4) is 0 Å². The van der Waals surface area contributed by atoms with E-state index in [2.05, 4.69) is 24.4 Å². The van der Waals surface area contributed by atoms with Crippen LogP contribution < -0.4 is 10.1 Å². The first-order valence-corrected chi connectivity index (χ1v) is 7.18. The zero-order valence-electron chi connectivity index (χ0n) is 11.6. The highest BCUT2D eigenvalue weighted by Gasteiger charge is 2.20. The number of hydrogen-bond acceptors (Lipinski definition) is 2. The number of hydrogen-bond donors (Lipinski definition) is 1. The van der Waals surface area contributed by atoms with Crippen LogP contribution in [-0.4, -0.2) is 13.2 Å². The van der Waals surface area contributed by atoms with E-state index in [9.17, 15) is 0 Å². The summed E-state index contributed by atoms with van der Waals surface area (Å²) in [4.78, 5) is 0. The molecule has 2 atom stereocenters. The van der Waals surface area contributed by atoms with Gasteiger partial charge in [-0.15, -0.1) is 0 Å². The Labute approximate surface area is 111 Å². The van der Waals surface area contributed by atoms with Crippen molar-refractivity contribution in [3.05, 3.63) is 29.8 Å². The van der Waals surface area contributed by atoms with Gasteiger partial charge in [0.15, 0.2) is 0 Å². The van der Waals surface area contributed by atoms with Crippen molar-refractivity contribution < 1.29 is 4.74 Å². The maximum absolute atomic E-state index is 5.39. The lowest BCUT2D eigenvalue weighted by atomic mass is 9.84. The fourth-order valence-corrected chi connectivity index (χ4v) is 2.95. The summed E-state index contributed by atoms with van der Waals surface area (Å²) < 4.78 is 5.39. The summed E-state index contributed by atoms with van der Waals surface area (Å²) in [6.45, 7) is 3.23. The number of methoxy groups -OCH3 is 1. The summed E-state index contributed by atoms with van der Waals surface area (Å²) in [7, 11) is 1.74. The van der Waals surface area contributed by atoms with Crippen LogP contribution in [0.4, 0.5) is 0 Å². The molecule has 2 rings (SSSR count). The zero-order valence-corrected chi connectivity index (χ0v) is 11.6. The Bertz CT molecular complexity index is 364. The molecule has 2 nitrogen and oxygen atoms in total. The lowest BCUT2D eigenvalue weighted by molar-refractivity contribution is 0.277. The van der Waals surface area contributed by atoms with Gasteiger partial charge in [0.25, 0.3) is 0 Å². The van der Waals surface area contributed by atoms with E-state index in [0.717, 1.165) is 18.2 Å². The molecule has 0 amide bonds. The largest absolute Gasteiger partial charge is 0.496 e. The molecule has 0 aromatic heterocycles. The van der Waals surface area contributed by atoms with Gasteiger partial charge in [0.1, 0.15) is 5.75 Å². The van der Waals surface area contributed by atoms with Gasteiger partial charge in [-0.05, 0) is 24.8 Å². The van der Waals surface area contributed by atoms with Gasteiger partial charge in [0, 0.05) is 18.2 Å². The van der Waals surface area contributed by atoms with Gasteiger partial charge >= 0.3 is 0 Å². The van der Waals surface area contributed by atoms with Crippen LogP contribution in [0.25, 0.3) is 0 Å². The van der Waals surface area contributed by atoms with E-state index in [1.54, 1.807) is 7.11 Å². The van der Waals surface area contributed by atoms with Gasteiger partial charge in [0.2, 0.25) is 0 Å². The van der Waals surface area contributed by atoms with Crippen LogP contribution in [0.2, 0.25) is 0 Å². The third-order valence-electron chi connectivity index (χ3n) is 4.13. The van der Waals surface area contributed by atoms with Crippen LogP contribution in [0.1, 0.15) is 44.6 Å². The number of benzene rings is 1. The fourth-order valence-electron chi connectivity index (χ4n) is 2.95. The third kappa shape index (κ3) is 3.49. The molecule has 0 aliphatic heterocycles. The molecule has 1 aliphatic carbocycles. The Morgan fingerprint density at radius 3 is 2.89 bits per heavy atom. The van der Waals surface area contributed by atoms with Gasteiger partial charge in [-0.1, -0.05) is 44.4 Å². The van der Waals surface area contributed by atoms with E-state index >= 15 is 0 Å². The van der Waals surface area contributed by atoms with Gasteiger partial charge in [-0.3, -0.25) is 0 Å². The van der Waals surface area contributed by atoms with Crippen molar-refractivity contribution >= 4 is 0 Å². The van der Waals surface area contributed by atoms with E-state index in [0.29, 0.717) is 6.04 Å². The quantitative estimate of drug-likeness (QED) is 0.855. The van der Waals surface area contributed by atoms with Gasteiger partial charge in [-0.2, -0.15) is 0 Å². The van der Waals surface area contributed by atoms with Crippen molar-refractivity contribution in [2.75, 3.05) is 7.11 Å². The topological polar surface area (TPSA) is 21.3 Å². The molecule has 0 spiro atoms. The average Bonchev–Trinajstić information content (AvgIpc) is 2.45. The molecule has 0 heterocycles. The highest BCUT2D eigenvalue weighted by Crippen LogP contribution is 2.27. The summed E-state index contributed by atoms with van der Waals surface area (Å²) in [5.74, 6) is 1.92. The Morgan fingerprint density at radius 1 is 1.28 bits per heavy atom. The van der Waals surface area contributed by atoms with Crippen molar-refractivity contribution in [3.8, 4) is 5.75 Å². The van der Waals surface area contributed by atoms with Crippen molar-refractivity contribution in [2.24, 2.45) is 5.92 Å². The average molecular weight is 247 g/mol. The number of para-hydroxylation sites is 1. The van der Waals surface area contributed by atoms with Gasteiger partial charge in [0.05, 0.1) is 7.11 Å². The van der Waals surface area contributed by atoms with Crippen molar-refractivity contribution in [3.63, 3.8) is 0 Å². The molecule has 0 radical (unpaired) electrons. The molecule has 1 fully saturated rings. The van der Waals surface area contributed by atoms with E-state index in [4.69, 9.17) is 4.74 Å². The third-order valence-corrected chi connectivity index (χ3v) is 4.13. The molecule has 18 heavy (non-hydrogen) atoms. The van der Waals surface area contributed by atoms with Gasteiger partial charge < -0.3 is 10.1 Å². The first kappa shape index (κ1) is 13.4. The Balaban J connectivity index is 1.87. The lowest BCUT2D eigenvalue weighted by Gasteiger charge is -2.29. The summed E-state index contributed by atoms with van der Waals surface area (Å²) in [5, 5.41) is 3.70. The number of nitrogens with one attached hydrogen (secondary N) is 1. The van der Waals surface area contributed by atoms with Crippen LogP contribution in [0, 0.1) is 5.92 Å². The van der Waals surface area contributed by atoms with Crippen molar-refractivity contribution in [2.45, 2.75) is 51.6 Å². The van der Waals surface area contributed by atoms with Gasteiger partial charge in [-0.25, -0.2) is 0 Å². The summed E-state index contributed by atoms with van der Waals surface area (Å²) in [5.41, 5.74) is 1.26. The molecular weight excluding hydrogens is 222 g/mol. The molecular formula is C16H25NO. The molecule has 100 valence electrons. The minimum Gasteiger partial charge on any atom is -0.496 e. The predicted molar refractivity (Wildman–Crippen MR) is 75.9 cm³/mol. The normalized spacial score (nSPS) is 23.9. The van der Waals surface area contributed by atoms with E-state index in [1.165, 1.54) is 37.7 Å². The van der Waals surface area contributed by atoms with Crippen molar-refractivity contribution in [1.29, 1.82) is 0 Å². The highest BCUT2D eigenvalue weighted by molar-refractivity contribution is 5.33. The molecule has 2 heteroatoms. The molecule has 0 bridgehead atoms. The molecule has 1 saturated carbocycles. The van der Waals surface area contributed by atoms with Crippen LogP contribution in [0.5, 0.6) is 5.75 Å². The fraction of sp³-hybridized carbons (Fsp3) is 0.625. The van der Waals surface area contributed by atoms with Crippen LogP contribution in [-0.2, 0) is 6.54 Å². The smallest absolute Gasteiger partial charge is 0.123 e. The summed E-state index contributed by atoms with van der Waals surface area (Å²) in [6.07, 6.45) is 6.79. The summed E-state index contributed by atoms with van der Waals surface area (Å²) in [6, 6.07) is 8.97. The monoisotopic (exact) mass is 247 g/mol. The minimum absolute atomic E-state index is 0.689. The van der Waals surface area contributed by atoms with Crippen molar-refractivity contribution in [1.82, 2.24) is 5.32 Å². The molecule has 1 aromatic carbocycles. The second-order valence-electron chi connectivity index (χ2n) is 5.33. The SMILES string of the molecule is CCC1CCCC(NCc2ccccc2OC)C1. The minimum atomic E-state index is 0.689. The molecule has 0 saturated heterocycles. The number of ether oxygens (including phenoxy) is 1. The standard InChI is InChI=1S/C16H25NO/c1-3-13-7-6-9-15(11-13)17-12-14-8-4-5-10-16(14)18-2/h4-5,8,10,13,15,17H,3,6-7,9,11-12H2,1-2H3. The molecule has 1 aromatic rings. The molecule has 2 unspecified atom stereocenters. The second kappa shape index (κ2) is 6.79. The first-order chi connectivity index (χ1) is 8.83. The Morgan fingerprint density at radius 2 is 2.11 bits per heavy atom. The maximum atomic E-state index is 5.39. The van der Waals surface area contributed by atoms with Crippen LogP contribution in [0.15, 0.2) is 24.3 Å². The Hall–Kier alpha value is -1.02. The highest BCUT2D eigenvalue weighted by atomic mass is 16.5. The van der Waals surface area contributed by atoms with E-state index < -0.39 is 0 Å². The summed E-state index contributed by atoms with van der Waals surface area (Å²) >= 11 is 0. The zero-order chi connectivity index (χ0) is 12.8. The first-order valence-electron chi connectivity index (χ1n) is 7.18. The predicted octanol–water partition coefficient (Wildman–Crippen LogP) is 3.75. The lowest BCUT2D eigenvalue weighted by Crippen LogP contribution is -2.33. The molecule has 1 aliphatic rings. The molecule has 1 N–H and O–H groups in total.